The lowest BCUT2D eigenvalue weighted by atomic mass is 10.1. The summed E-state index contributed by atoms with van der Waals surface area (Å²) < 4.78 is 87.1. The summed E-state index contributed by atoms with van der Waals surface area (Å²) in [5.74, 6) is -0.490. The van der Waals surface area contributed by atoms with Crippen LogP contribution in [0, 0.1) is 0 Å². The maximum Gasteiger partial charge on any atom is 0.431 e. The molecule has 3 heterocycles. The number of nitrogens with zero attached hydrogens (tertiary/aromatic N) is 4. The van der Waals surface area contributed by atoms with Gasteiger partial charge in [-0.2, -0.15) is 26.3 Å². The van der Waals surface area contributed by atoms with Gasteiger partial charge in [0.25, 0.3) is 0 Å². The van der Waals surface area contributed by atoms with Crippen LogP contribution in [-0.4, -0.2) is 26.0 Å². The van der Waals surface area contributed by atoms with Crippen molar-refractivity contribution in [2.45, 2.75) is 19.3 Å². The Kier molecular flexibility index (Phi) is 5.27. The predicted octanol–water partition coefficient (Wildman–Crippen LogP) is 5.89. The van der Waals surface area contributed by atoms with Crippen LogP contribution in [0.3, 0.4) is 0 Å². The van der Waals surface area contributed by atoms with Crippen molar-refractivity contribution >= 4 is 5.65 Å². The van der Waals surface area contributed by atoms with Crippen molar-refractivity contribution in [3.05, 3.63) is 66.4 Å². The van der Waals surface area contributed by atoms with E-state index in [0.717, 1.165) is 35.0 Å². The molecule has 0 aliphatic carbocycles. The summed E-state index contributed by atoms with van der Waals surface area (Å²) in [6, 6.07) is 6.76. The highest BCUT2D eigenvalue weighted by Gasteiger charge is 2.36. The van der Waals surface area contributed by atoms with E-state index < -0.39 is 29.4 Å². The highest BCUT2D eigenvalue weighted by atomic mass is 19.4. The van der Waals surface area contributed by atoms with Gasteiger partial charge in [0.05, 0.1) is 17.9 Å². The number of halogens is 6. The fourth-order valence-corrected chi connectivity index (χ4v) is 3.24. The number of alkyl halides is 6. The summed E-state index contributed by atoms with van der Waals surface area (Å²) in [6.07, 6.45) is -5.53. The molecule has 11 heteroatoms. The maximum absolute atomic E-state index is 13.8. The molecule has 0 unspecified atom stereocenters. The normalized spacial score (nSPS) is 12.3. The molecule has 32 heavy (non-hydrogen) atoms. The number of hydrogen-bond acceptors (Lipinski definition) is 4. The summed E-state index contributed by atoms with van der Waals surface area (Å²) in [6.45, 7) is 1.45. The second kappa shape index (κ2) is 7.81. The maximum atomic E-state index is 13.8. The minimum absolute atomic E-state index is 0.0383. The molecule has 0 radical (unpaired) electrons. The van der Waals surface area contributed by atoms with Crippen molar-refractivity contribution in [2.24, 2.45) is 0 Å². The first-order valence-corrected chi connectivity index (χ1v) is 9.29. The smallest absolute Gasteiger partial charge is 0.431 e. The van der Waals surface area contributed by atoms with Crippen molar-refractivity contribution < 1.29 is 31.1 Å². The first-order chi connectivity index (χ1) is 15.1. The summed E-state index contributed by atoms with van der Waals surface area (Å²) in [5.41, 5.74) is -1.66. The molecule has 0 aliphatic heterocycles. The van der Waals surface area contributed by atoms with Crippen molar-refractivity contribution in [3.8, 4) is 28.3 Å². The Bertz CT molecular complexity index is 1270. The van der Waals surface area contributed by atoms with Gasteiger partial charge in [0.1, 0.15) is 23.5 Å². The van der Waals surface area contributed by atoms with Gasteiger partial charge >= 0.3 is 12.4 Å². The van der Waals surface area contributed by atoms with Crippen LogP contribution in [0.5, 0.6) is 5.75 Å². The molecule has 0 saturated heterocycles. The summed E-state index contributed by atoms with van der Waals surface area (Å²) in [5, 5.41) is 0. The van der Waals surface area contributed by atoms with Gasteiger partial charge in [0.2, 0.25) is 0 Å². The van der Waals surface area contributed by atoms with Crippen molar-refractivity contribution in [3.63, 3.8) is 0 Å². The third-order valence-corrected chi connectivity index (χ3v) is 4.63. The lowest BCUT2D eigenvalue weighted by Gasteiger charge is -2.16. The number of imidazole rings is 1. The van der Waals surface area contributed by atoms with Crippen LogP contribution in [0.4, 0.5) is 26.3 Å². The molecule has 3 aromatic heterocycles. The molecule has 0 N–H and O–H groups in total. The Hall–Kier alpha value is -3.63. The van der Waals surface area contributed by atoms with Crippen LogP contribution < -0.4 is 4.74 Å². The molecular weight excluding hydrogens is 438 g/mol. The van der Waals surface area contributed by atoms with Gasteiger partial charge < -0.3 is 4.74 Å². The van der Waals surface area contributed by atoms with Crippen molar-refractivity contribution in [1.29, 1.82) is 0 Å². The molecule has 0 spiro atoms. The van der Waals surface area contributed by atoms with E-state index >= 15 is 0 Å². The van der Waals surface area contributed by atoms with E-state index in [1.807, 2.05) is 0 Å². The lowest BCUT2D eigenvalue weighted by molar-refractivity contribution is -0.142. The molecule has 0 amide bonds. The molecule has 1 aromatic carbocycles. The fraction of sp³-hybridized carbons (Fsp3) is 0.190. The lowest BCUT2D eigenvalue weighted by Crippen LogP contribution is -2.12. The van der Waals surface area contributed by atoms with Crippen LogP contribution in [0.15, 0.2) is 55.1 Å². The third kappa shape index (κ3) is 3.97. The van der Waals surface area contributed by atoms with Gasteiger partial charge in [-0.1, -0.05) is 6.07 Å². The highest BCUT2D eigenvalue weighted by Crippen LogP contribution is 2.40. The van der Waals surface area contributed by atoms with E-state index in [1.165, 1.54) is 19.3 Å². The standard InChI is InChI=1S/C21H14F6N4O/c1-2-32-16-9-13(3-4-14(16)20(22,23)24)15-10-17(21(25,26)27)31-11-29-18(19(31)30-15)12-5-7-28-8-6-12/h3-11H,2H2,1H3. The molecular formula is C21H14F6N4O. The van der Waals surface area contributed by atoms with Crippen molar-refractivity contribution in [1.82, 2.24) is 19.4 Å². The SMILES string of the molecule is CCOc1cc(-c2cc(C(F)(F)F)n3cnc(-c4ccncc4)c3n2)ccc1C(F)(F)F. The number of benzene rings is 1. The molecule has 5 nitrogen and oxygen atoms in total. The van der Waals surface area contributed by atoms with E-state index in [0.29, 0.717) is 5.56 Å². The van der Waals surface area contributed by atoms with Gasteiger partial charge in [-0.3, -0.25) is 9.38 Å². The first-order valence-electron chi connectivity index (χ1n) is 9.29. The Morgan fingerprint density at radius 2 is 1.62 bits per heavy atom. The quantitative estimate of drug-likeness (QED) is 0.362. The monoisotopic (exact) mass is 452 g/mol. The minimum atomic E-state index is -4.76. The minimum Gasteiger partial charge on any atom is -0.493 e. The zero-order chi connectivity index (χ0) is 23.1. The number of aromatic nitrogens is 4. The summed E-state index contributed by atoms with van der Waals surface area (Å²) in [7, 11) is 0. The van der Waals surface area contributed by atoms with Gasteiger partial charge in [0, 0.05) is 23.5 Å². The number of rotatable bonds is 4. The zero-order valence-corrected chi connectivity index (χ0v) is 16.4. The van der Waals surface area contributed by atoms with E-state index in [1.54, 1.807) is 12.1 Å². The van der Waals surface area contributed by atoms with Crippen LogP contribution >= 0.6 is 0 Å². The van der Waals surface area contributed by atoms with E-state index in [-0.39, 0.29) is 29.2 Å². The Labute approximate surface area is 177 Å². The van der Waals surface area contributed by atoms with E-state index in [9.17, 15) is 26.3 Å². The van der Waals surface area contributed by atoms with Gasteiger partial charge in [-0.15, -0.1) is 0 Å². The van der Waals surface area contributed by atoms with Crippen LogP contribution in [-0.2, 0) is 12.4 Å². The largest absolute Gasteiger partial charge is 0.493 e. The molecule has 0 saturated carbocycles. The number of hydrogen-bond donors (Lipinski definition) is 0. The molecule has 0 fully saturated rings. The fourth-order valence-electron chi connectivity index (χ4n) is 3.24. The predicted molar refractivity (Wildman–Crippen MR) is 103 cm³/mol. The average Bonchev–Trinajstić information content (AvgIpc) is 3.16. The van der Waals surface area contributed by atoms with Gasteiger partial charge in [0.15, 0.2) is 5.65 Å². The first kappa shape index (κ1) is 21.6. The second-order valence-electron chi connectivity index (χ2n) is 6.69. The summed E-state index contributed by atoms with van der Waals surface area (Å²) >= 11 is 0. The number of pyridine rings is 1. The zero-order valence-electron chi connectivity index (χ0n) is 16.4. The Balaban J connectivity index is 1.96. The number of ether oxygens (including phenoxy) is 1. The Morgan fingerprint density at radius 3 is 2.25 bits per heavy atom. The summed E-state index contributed by atoms with van der Waals surface area (Å²) in [4.78, 5) is 12.2. The molecule has 4 aromatic rings. The van der Waals surface area contributed by atoms with Crippen LogP contribution in [0.2, 0.25) is 0 Å². The number of fused-ring (bicyclic) bond motifs is 1. The topological polar surface area (TPSA) is 52.3 Å². The van der Waals surface area contributed by atoms with Gasteiger partial charge in [-0.25, -0.2) is 9.97 Å². The van der Waals surface area contributed by atoms with Crippen LogP contribution in [0.25, 0.3) is 28.2 Å². The van der Waals surface area contributed by atoms with Gasteiger partial charge in [-0.05, 0) is 37.3 Å². The molecule has 0 atom stereocenters. The molecule has 0 aliphatic rings. The molecule has 4 rings (SSSR count). The average molecular weight is 452 g/mol. The second-order valence-corrected chi connectivity index (χ2v) is 6.69. The third-order valence-electron chi connectivity index (χ3n) is 4.63. The van der Waals surface area contributed by atoms with Crippen molar-refractivity contribution in [2.75, 3.05) is 6.61 Å². The van der Waals surface area contributed by atoms with Crippen LogP contribution in [0.1, 0.15) is 18.2 Å². The Morgan fingerprint density at radius 1 is 0.906 bits per heavy atom. The van der Waals surface area contributed by atoms with E-state index in [4.69, 9.17) is 4.74 Å². The highest BCUT2D eigenvalue weighted by molar-refractivity contribution is 5.76. The molecule has 0 bridgehead atoms. The van der Waals surface area contributed by atoms with E-state index in [2.05, 4.69) is 15.0 Å². The molecule has 166 valence electrons.